The van der Waals surface area contributed by atoms with Gasteiger partial charge in [0.05, 0.1) is 18.1 Å². The molecular formula is C17H13NO4. The third-order valence-corrected chi connectivity index (χ3v) is 3.47. The highest BCUT2D eigenvalue weighted by Gasteiger charge is 2.14. The lowest BCUT2D eigenvalue weighted by Crippen LogP contribution is -2.29. The number of fused-ring (bicyclic) bond motifs is 1. The van der Waals surface area contributed by atoms with Crippen molar-refractivity contribution in [1.82, 2.24) is 0 Å². The Morgan fingerprint density at radius 3 is 2.50 bits per heavy atom. The number of hydrogen-bond donors (Lipinski definition) is 1. The van der Waals surface area contributed by atoms with Crippen molar-refractivity contribution in [3.63, 3.8) is 0 Å². The number of ether oxygens (including phenoxy) is 1. The molecular weight excluding hydrogens is 282 g/mol. The molecule has 0 aliphatic heterocycles. The number of esters is 1. The predicted molar refractivity (Wildman–Crippen MR) is 81.3 cm³/mol. The zero-order chi connectivity index (χ0) is 15.7. The van der Waals surface area contributed by atoms with E-state index in [1.807, 2.05) is 0 Å². The van der Waals surface area contributed by atoms with Crippen LogP contribution < -0.4 is 4.73 Å². The molecule has 1 aromatic heterocycles. The van der Waals surface area contributed by atoms with Crippen molar-refractivity contribution >= 4 is 16.9 Å². The summed E-state index contributed by atoms with van der Waals surface area (Å²) in [4.78, 5) is 11.4. The molecule has 110 valence electrons. The second-order valence-electron chi connectivity index (χ2n) is 4.83. The average Bonchev–Trinajstić information content (AvgIpc) is 2.54. The first kappa shape index (κ1) is 13.9. The summed E-state index contributed by atoms with van der Waals surface area (Å²) in [5.74, 6) is -0.307. The number of phenolic OH excluding ortho intramolecular Hbond substituents is 1. The molecule has 5 heteroatoms. The monoisotopic (exact) mass is 295 g/mol. The van der Waals surface area contributed by atoms with Gasteiger partial charge in [-0.3, -0.25) is 0 Å². The highest BCUT2D eigenvalue weighted by atomic mass is 16.5. The molecule has 2 aromatic carbocycles. The zero-order valence-corrected chi connectivity index (χ0v) is 11.8. The molecule has 0 amide bonds. The van der Waals surface area contributed by atoms with Gasteiger partial charge in [0, 0.05) is 17.7 Å². The smallest absolute Gasteiger partial charge is 0.337 e. The van der Waals surface area contributed by atoms with E-state index in [2.05, 4.69) is 4.74 Å². The van der Waals surface area contributed by atoms with Gasteiger partial charge in [-0.1, -0.05) is 0 Å². The second kappa shape index (κ2) is 5.37. The topological polar surface area (TPSA) is 73.5 Å². The largest absolute Gasteiger partial charge is 0.618 e. The van der Waals surface area contributed by atoms with Gasteiger partial charge in [0.15, 0.2) is 0 Å². The number of carbonyl (C=O) groups is 1. The van der Waals surface area contributed by atoms with Crippen molar-refractivity contribution in [3.8, 4) is 17.0 Å². The number of aromatic hydroxyl groups is 1. The van der Waals surface area contributed by atoms with Crippen LogP contribution in [0.1, 0.15) is 10.4 Å². The Bertz CT molecular complexity index is 856. The number of carbonyl (C=O) groups excluding carboxylic acids is 1. The second-order valence-corrected chi connectivity index (χ2v) is 4.83. The molecule has 22 heavy (non-hydrogen) atoms. The van der Waals surface area contributed by atoms with Crippen LogP contribution in [0.5, 0.6) is 5.75 Å². The maximum Gasteiger partial charge on any atom is 0.337 e. The molecule has 0 radical (unpaired) electrons. The molecule has 0 unspecified atom stereocenters. The van der Waals surface area contributed by atoms with Crippen molar-refractivity contribution in [2.24, 2.45) is 0 Å². The molecule has 5 nitrogen and oxygen atoms in total. The number of rotatable bonds is 2. The number of methoxy groups -OCH3 is 1. The highest BCUT2D eigenvalue weighted by Crippen LogP contribution is 2.22. The summed E-state index contributed by atoms with van der Waals surface area (Å²) < 4.78 is 5.45. The molecule has 0 fully saturated rings. The van der Waals surface area contributed by atoms with E-state index in [4.69, 9.17) is 0 Å². The number of aromatic nitrogens is 1. The molecule has 3 aromatic rings. The molecule has 0 bridgehead atoms. The van der Waals surface area contributed by atoms with Gasteiger partial charge in [0.1, 0.15) is 5.75 Å². The fourth-order valence-corrected chi connectivity index (χ4v) is 2.33. The Hall–Kier alpha value is -3.08. The van der Waals surface area contributed by atoms with Crippen LogP contribution in [0, 0.1) is 5.21 Å². The predicted octanol–water partition coefficient (Wildman–Crippen LogP) is 2.63. The van der Waals surface area contributed by atoms with Crippen molar-refractivity contribution < 1.29 is 19.4 Å². The van der Waals surface area contributed by atoms with Gasteiger partial charge in [-0.2, -0.15) is 4.73 Å². The van der Waals surface area contributed by atoms with E-state index < -0.39 is 5.97 Å². The van der Waals surface area contributed by atoms with E-state index in [1.165, 1.54) is 19.2 Å². The van der Waals surface area contributed by atoms with E-state index >= 15 is 0 Å². The van der Waals surface area contributed by atoms with Crippen LogP contribution in [0.3, 0.4) is 0 Å². The number of pyridine rings is 1. The summed E-state index contributed by atoms with van der Waals surface area (Å²) in [6.07, 6.45) is 0. The SMILES string of the molecule is COC(=O)c1ccc(-c2ccc3cc(O)ccc3[n+]2[O-])cc1. The van der Waals surface area contributed by atoms with E-state index in [-0.39, 0.29) is 5.75 Å². The summed E-state index contributed by atoms with van der Waals surface area (Å²) in [5.41, 5.74) is 2.05. The Morgan fingerprint density at radius 2 is 1.82 bits per heavy atom. The zero-order valence-electron chi connectivity index (χ0n) is 11.8. The number of phenols is 1. The molecule has 3 rings (SSSR count). The van der Waals surface area contributed by atoms with Crippen LogP contribution in [-0.4, -0.2) is 18.2 Å². The molecule has 0 atom stereocenters. The third-order valence-electron chi connectivity index (χ3n) is 3.47. The number of nitrogens with zero attached hydrogens (tertiary/aromatic N) is 1. The first-order valence-corrected chi connectivity index (χ1v) is 6.64. The fraction of sp³-hybridized carbons (Fsp3) is 0.0588. The van der Waals surface area contributed by atoms with Crippen LogP contribution in [-0.2, 0) is 4.74 Å². The van der Waals surface area contributed by atoms with Crippen molar-refractivity contribution in [3.05, 3.63) is 65.4 Å². The Balaban J connectivity index is 2.08. The molecule has 0 aliphatic rings. The van der Waals surface area contributed by atoms with Gasteiger partial charge in [0.2, 0.25) is 11.2 Å². The van der Waals surface area contributed by atoms with Crippen LogP contribution in [0.25, 0.3) is 22.2 Å². The van der Waals surface area contributed by atoms with E-state index in [0.29, 0.717) is 27.7 Å². The lowest BCUT2D eigenvalue weighted by Gasteiger charge is -2.08. The normalized spacial score (nSPS) is 10.6. The maximum absolute atomic E-state index is 12.5. The molecule has 0 spiro atoms. The highest BCUT2D eigenvalue weighted by molar-refractivity contribution is 5.90. The Morgan fingerprint density at radius 1 is 1.09 bits per heavy atom. The first-order valence-electron chi connectivity index (χ1n) is 6.64. The summed E-state index contributed by atoms with van der Waals surface area (Å²) in [6, 6.07) is 14.7. The van der Waals surface area contributed by atoms with Crippen molar-refractivity contribution in [2.45, 2.75) is 0 Å². The molecule has 0 saturated heterocycles. The van der Waals surface area contributed by atoms with Crippen LogP contribution in [0.15, 0.2) is 54.6 Å². The summed E-state index contributed by atoms with van der Waals surface area (Å²) in [7, 11) is 1.32. The van der Waals surface area contributed by atoms with Gasteiger partial charge in [-0.25, -0.2) is 4.79 Å². The van der Waals surface area contributed by atoms with Crippen molar-refractivity contribution in [1.29, 1.82) is 0 Å². The van der Waals surface area contributed by atoms with Gasteiger partial charge in [-0.05, 0) is 42.5 Å². The van der Waals surface area contributed by atoms with Crippen molar-refractivity contribution in [2.75, 3.05) is 7.11 Å². The summed E-state index contributed by atoms with van der Waals surface area (Å²) in [6.45, 7) is 0. The average molecular weight is 295 g/mol. The fourth-order valence-electron chi connectivity index (χ4n) is 2.33. The standard InChI is InChI=1S/C17H13NO4/c1-22-17(20)12-4-2-11(3-5-12)15-8-6-13-10-14(19)7-9-16(13)18(15)21/h2-10,19H,1H3. The van der Waals surface area contributed by atoms with Gasteiger partial charge >= 0.3 is 5.97 Å². The summed E-state index contributed by atoms with van der Waals surface area (Å²) >= 11 is 0. The van der Waals surface area contributed by atoms with Crippen LogP contribution in [0.2, 0.25) is 0 Å². The molecule has 0 saturated carbocycles. The number of hydrogen-bond acceptors (Lipinski definition) is 4. The van der Waals surface area contributed by atoms with Crippen LogP contribution in [0.4, 0.5) is 0 Å². The van der Waals surface area contributed by atoms with Gasteiger partial charge in [0.25, 0.3) is 0 Å². The third kappa shape index (κ3) is 2.33. The quantitative estimate of drug-likeness (QED) is 0.448. The minimum absolute atomic E-state index is 0.114. The lowest BCUT2D eigenvalue weighted by molar-refractivity contribution is -0.565. The molecule has 0 aliphatic carbocycles. The van der Waals surface area contributed by atoms with Gasteiger partial charge < -0.3 is 15.1 Å². The van der Waals surface area contributed by atoms with E-state index in [9.17, 15) is 15.1 Å². The lowest BCUT2D eigenvalue weighted by atomic mass is 10.1. The minimum atomic E-state index is -0.421. The Kier molecular flexibility index (Phi) is 3.39. The van der Waals surface area contributed by atoms with E-state index in [0.717, 1.165) is 4.73 Å². The van der Waals surface area contributed by atoms with Crippen LogP contribution >= 0.6 is 0 Å². The first-order chi connectivity index (χ1) is 10.6. The van der Waals surface area contributed by atoms with Gasteiger partial charge in [-0.15, -0.1) is 0 Å². The Labute approximate surface area is 126 Å². The van der Waals surface area contributed by atoms with E-state index in [1.54, 1.807) is 42.5 Å². The maximum atomic E-state index is 12.5. The molecule has 1 N–H and O–H groups in total. The minimum Gasteiger partial charge on any atom is -0.618 e. The molecule has 1 heterocycles. The summed E-state index contributed by atoms with van der Waals surface area (Å²) in [5, 5.41) is 22.6. The number of benzene rings is 2.